The summed E-state index contributed by atoms with van der Waals surface area (Å²) < 4.78 is 47.2. The minimum atomic E-state index is 0.0779. The molecule has 0 saturated carbocycles. The average molecular weight is 967 g/mol. The molecule has 388 valence electrons. The Hall–Kier alpha value is -5.32. The number of allylic oxidation sites excluding steroid dienone is 4. The molecule has 9 nitrogen and oxygen atoms in total. The molecule has 0 fully saturated rings. The lowest BCUT2D eigenvalue weighted by molar-refractivity contribution is 0.0491. The largest absolute Gasteiger partial charge is 0.493 e. The van der Waals surface area contributed by atoms with Crippen LogP contribution in [0, 0.1) is 0 Å². The molecule has 0 bridgehead atoms. The Bertz CT molecular complexity index is 2150. The predicted molar refractivity (Wildman–Crippen MR) is 296 cm³/mol. The Morgan fingerprint density at radius 3 is 1.14 bits per heavy atom. The van der Waals surface area contributed by atoms with E-state index in [-0.39, 0.29) is 19.0 Å². The quantitative estimate of drug-likeness (QED) is 0.0408. The zero-order valence-corrected chi connectivity index (χ0v) is 45.8. The van der Waals surface area contributed by atoms with Crippen LogP contribution in [0.1, 0.15) is 153 Å². The Morgan fingerprint density at radius 1 is 0.414 bits per heavy atom. The van der Waals surface area contributed by atoms with Crippen LogP contribution in [0.25, 0.3) is 22.3 Å². The number of ether oxygens (including phenoxy) is 9. The Labute approximate surface area is 424 Å². The van der Waals surface area contributed by atoms with Crippen LogP contribution in [-0.4, -0.2) is 62.7 Å². The van der Waals surface area contributed by atoms with Gasteiger partial charge in [-0.05, 0) is 147 Å². The lowest BCUT2D eigenvalue weighted by Gasteiger charge is -2.26. The second kappa shape index (κ2) is 35.7. The first-order valence-electron chi connectivity index (χ1n) is 24.7. The standard InChI is InChI=1S/C17H26O2.2C16H24O2.C12H16O3/c1-5-6-7-8-9-16-12-15(14(2)3)10-11-17(16)19-13-18-4;1-7-16(4,5)14-10-13(12(2)3)8-9-15(14)18-11-17-6;1-5-6-7-8-15-11-14(13(2)3)9-10-16(15)18-12-17-4;1-9(2)10-5-6-11(15-8-13-3)12(7-10)14-4/h10-12H,2,5-9,13H2,1,3-4H3;8-10H,2,7,11H2,1,3-6H3;9-11H,2,5-8,12H2,1,3-4H3;5-7H,1,8H2,2-4H3. The van der Waals surface area contributed by atoms with Crippen LogP contribution in [0.3, 0.4) is 0 Å². The normalized spacial score (nSPS) is 10.5. The summed E-state index contributed by atoms with van der Waals surface area (Å²) >= 11 is 0. The van der Waals surface area contributed by atoms with Crippen LogP contribution in [0.4, 0.5) is 0 Å². The van der Waals surface area contributed by atoms with Gasteiger partial charge in [0.25, 0.3) is 0 Å². The zero-order chi connectivity index (χ0) is 52.5. The summed E-state index contributed by atoms with van der Waals surface area (Å²) in [7, 11) is 8.10. The van der Waals surface area contributed by atoms with Gasteiger partial charge in [0.1, 0.15) is 17.2 Å². The number of aryl methyl sites for hydroxylation is 2. The Morgan fingerprint density at radius 2 is 0.757 bits per heavy atom. The van der Waals surface area contributed by atoms with E-state index in [1.54, 1.807) is 35.5 Å². The average Bonchev–Trinajstić information content (AvgIpc) is 3.35. The lowest BCUT2D eigenvalue weighted by Crippen LogP contribution is -2.18. The van der Waals surface area contributed by atoms with E-state index >= 15 is 0 Å². The molecule has 0 aromatic heterocycles. The van der Waals surface area contributed by atoms with E-state index < -0.39 is 0 Å². The number of rotatable bonds is 28. The molecule has 0 aliphatic heterocycles. The van der Waals surface area contributed by atoms with E-state index in [2.05, 4.69) is 91.3 Å². The fourth-order valence-electron chi connectivity index (χ4n) is 6.85. The predicted octanol–water partition coefficient (Wildman–Crippen LogP) is 16.4. The highest BCUT2D eigenvalue weighted by atomic mass is 16.7. The van der Waals surface area contributed by atoms with Crippen molar-refractivity contribution in [1.82, 2.24) is 0 Å². The number of methoxy groups -OCH3 is 5. The second-order valence-corrected chi connectivity index (χ2v) is 18.1. The van der Waals surface area contributed by atoms with Gasteiger partial charge < -0.3 is 42.6 Å². The van der Waals surface area contributed by atoms with E-state index in [0.717, 1.165) is 69.9 Å². The van der Waals surface area contributed by atoms with Gasteiger partial charge in [0, 0.05) is 34.0 Å². The summed E-state index contributed by atoms with van der Waals surface area (Å²) in [5.74, 6) is 4.12. The van der Waals surface area contributed by atoms with Crippen LogP contribution in [-0.2, 0) is 37.2 Å². The molecular weight excluding hydrogens is 877 g/mol. The minimum Gasteiger partial charge on any atom is -0.493 e. The van der Waals surface area contributed by atoms with Gasteiger partial charge in [-0.15, -0.1) is 0 Å². The fraction of sp³-hybridized carbons (Fsp3) is 0.475. The number of hydrogen-bond acceptors (Lipinski definition) is 9. The van der Waals surface area contributed by atoms with Crippen molar-refractivity contribution in [3.05, 3.63) is 138 Å². The van der Waals surface area contributed by atoms with Gasteiger partial charge in [-0.25, -0.2) is 0 Å². The molecule has 0 atom stereocenters. The molecule has 0 amide bonds. The van der Waals surface area contributed by atoms with Crippen molar-refractivity contribution in [2.45, 2.75) is 132 Å². The maximum absolute atomic E-state index is 5.66. The van der Waals surface area contributed by atoms with Crippen molar-refractivity contribution in [2.24, 2.45) is 0 Å². The highest BCUT2D eigenvalue weighted by Gasteiger charge is 2.23. The van der Waals surface area contributed by atoms with E-state index in [1.165, 1.54) is 72.8 Å². The van der Waals surface area contributed by atoms with Gasteiger partial charge in [-0.1, -0.05) is 140 Å². The maximum atomic E-state index is 5.66. The zero-order valence-electron chi connectivity index (χ0n) is 45.8. The van der Waals surface area contributed by atoms with Crippen molar-refractivity contribution < 1.29 is 42.6 Å². The van der Waals surface area contributed by atoms with E-state index in [9.17, 15) is 0 Å². The van der Waals surface area contributed by atoms with Gasteiger partial charge in [0.15, 0.2) is 38.7 Å². The van der Waals surface area contributed by atoms with E-state index in [0.29, 0.717) is 25.1 Å². The Balaban J connectivity index is 0.000000468. The molecule has 0 unspecified atom stereocenters. The third-order valence-electron chi connectivity index (χ3n) is 11.5. The van der Waals surface area contributed by atoms with E-state index in [1.807, 2.05) is 70.2 Å². The van der Waals surface area contributed by atoms with Crippen molar-refractivity contribution in [3.63, 3.8) is 0 Å². The van der Waals surface area contributed by atoms with Crippen LogP contribution >= 0.6 is 0 Å². The van der Waals surface area contributed by atoms with Crippen molar-refractivity contribution >= 4 is 22.3 Å². The molecule has 0 heterocycles. The molecule has 70 heavy (non-hydrogen) atoms. The number of unbranched alkanes of at least 4 members (excludes halogenated alkanes) is 5. The topological polar surface area (TPSA) is 83.1 Å². The van der Waals surface area contributed by atoms with E-state index in [4.69, 9.17) is 42.6 Å². The van der Waals surface area contributed by atoms with Crippen LogP contribution in [0.5, 0.6) is 28.7 Å². The second-order valence-electron chi connectivity index (χ2n) is 18.1. The molecule has 4 aromatic carbocycles. The molecule has 0 N–H and O–H groups in total. The molecule has 0 aliphatic rings. The third kappa shape index (κ3) is 23.5. The number of benzene rings is 4. The highest BCUT2D eigenvalue weighted by Crippen LogP contribution is 2.36. The van der Waals surface area contributed by atoms with Crippen molar-refractivity contribution in [3.8, 4) is 28.7 Å². The summed E-state index contributed by atoms with van der Waals surface area (Å²) in [6.45, 7) is 36.1. The molecular formula is C61H90O9. The molecule has 4 aromatic rings. The fourth-order valence-corrected chi connectivity index (χ4v) is 6.85. The van der Waals surface area contributed by atoms with Gasteiger partial charge in [-0.3, -0.25) is 0 Å². The van der Waals surface area contributed by atoms with Gasteiger partial charge in [0.2, 0.25) is 0 Å². The molecule has 4 rings (SSSR count). The van der Waals surface area contributed by atoms with Crippen LogP contribution < -0.4 is 23.7 Å². The maximum Gasteiger partial charge on any atom is 0.188 e. The summed E-state index contributed by atoms with van der Waals surface area (Å²) in [6.07, 6.45) is 11.9. The summed E-state index contributed by atoms with van der Waals surface area (Å²) in [4.78, 5) is 0. The van der Waals surface area contributed by atoms with Gasteiger partial charge in [0.05, 0.1) is 7.11 Å². The van der Waals surface area contributed by atoms with Crippen LogP contribution in [0.2, 0.25) is 0 Å². The smallest absolute Gasteiger partial charge is 0.188 e. The van der Waals surface area contributed by atoms with Gasteiger partial charge in [-0.2, -0.15) is 0 Å². The number of hydrogen-bond donors (Lipinski definition) is 0. The lowest BCUT2D eigenvalue weighted by atomic mass is 9.80. The molecule has 0 spiro atoms. The molecule has 0 aliphatic carbocycles. The Kier molecular flexibility index (Phi) is 32.0. The third-order valence-corrected chi connectivity index (χ3v) is 11.5. The van der Waals surface area contributed by atoms with Crippen molar-refractivity contribution in [1.29, 1.82) is 0 Å². The van der Waals surface area contributed by atoms with Gasteiger partial charge >= 0.3 is 0 Å². The first-order chi connectivity index (χ1) is 33.5. The minimum absolute atomic E-state index is 0.0779. The molecule has 9 heteroatoms. The first kappa shape index (κ1) is 62.7. The molecule has 0 saturated heterocycles. The van der Waals surface area contributed by atoms with Crippen molar-refractivity contribution in [2.75, 3.05) is 62.7 Å². The summed E-state index contributed by atoms with van der Waals surface area (Å²) in [5.41, 5.74) is 12.6. The molecule has 0 radical (unpaired) electrons. The van der Waals surface area contributed by atoms with Crippen LogP contribution in [0.15, 0.2) is 99.1 Å². The monoisotopic (exact) mass is 967 g/mol. The summed E-state index contributed by atoms with van der Waals surface area (Å²) in [5, 5.41) is 0. The first-order valence-corrected chi connectivity index (χ1v) is 24.7. The SMILES string of the molecule is C=C(C)c1ccc(OCOC)c(C(C)(C)CC)c1.C=C(C)c1ccc(OCOC)c(CCCCC)c1.C=C(C)c1ccc(OCOC)c(CCCCCC)c1.C=C(C)c1ccc(OCOC)c(OC)c1. The highest BCUT2D eigenvalue weighted by molar-refractivity contribution is 5.66. The summed E-state index contributed by atoms with van der Waals surface area (Å²) in [6, 6.07) is 24.4.